The highest BCUT2D eigenvalue weighted by Gasteiger charge is 2.25. The Labute approximate surface area is 308 Å². The molecular weight excluding hydrogens is 672 g/mol. The van der Waals surface area contributed by atoms with Crippen molar-refractivity contribution in [3.63, 3.8) is 0 Å². The molecule has 0 radical (unpaired) electrons. The van der Waals surface area contributed by atoms with Crippen LogP contribution in [0.1, 0.15) is 0 Å². The largest absolute Gasteiger partial charge is 0.493 e. The van der Waals surface area contributed by atoms with Crippen molar-refractivity contribution >= 4 is 60.4 Å². The fourth-order valence-electron chi connectivity index (χ4n) is 6.38. The first-order valence-corrected chi connectivity index (χ1v) is 17.9. The van der Waals surface area contributed by atoms with Gasteiger partial charge in [-0.05, 0) is 91.6 Å². The molecule has 3 unspecified atom stereocenters. The summed E-state index contributed by atoms with van der Waals surface area (Å²) < 4.78 is 35.0. The van der Waals surface area contributed by atoms with Gasteiger partial charge < -0.3 is 44.2 Å². The molecule has 1 amide bonds. The van der Waals surface area contributed by atoms with Crippen LogP contribution < -0.4 is 10.6 Å². The summed E-state index contributed by atoms with van der Waals surface area (Å²) in [5.74, 6) is -0.243. The number of carbonyl (C=O) groups is 1. The summed E-state index contributed by atoms with van der Waals surface area (Å²) in [4.78, 5) is 13.4. The average molecular weight is 717 g/mol. The number of rotatable bonds is 5. The van der Waals surface area contributed by atoms with E-state index < -0.39 is 24.3 Å². The summed E-state index contributed by atoms with van der Waals surface area (Å²) in [7, 11) is 0. The van der Waals surface area contributed by atoms with E-state index in [-0.39, 0.29) is 65.2 Å². The molecule has 274 valence electrons. The van der Waals surface area contributed by atoms with Gasteiger partial charge in [0.05, 0.1) is 52.9 Å². The highest BCUT2D eigenvalue weighted by Crippen LogP contribution is 2.27. The number of hydrogen-bond acceptors (Lipinski definition) is 9. The van der Waals surface area contributed by atoms with Gasteiger partial charge in [0.25, 0.3) is 5.91 Å². The maximum Gasteiger partial charge on any atom is 0.261 e. The zero-order valence-corrected chi connectivity index (χ0v) is 29.5. The second-order valence-corrected chi connectivity index (χ2v) is 12.9. The summed E-state index contributed by atoms with van der Waals surface area (Å²) in [6.07, 6.45) is -2.79. The van der Waals surface area contributed by atoms with E-state index in [9.17, 15) is 9.90 Å². The third kappa shape index (κ3) is 9.49. The SMILES string of the molecule is C=C1OCCOCCOC(C(O)Nc2ccc3cc4ccccc4cc3c2)COCCOCCOC1C(=O)Nc1ccc2cc3ccccc3cc2c1. The molecule has 53 heavy (non-hydrogen) atoms. The van der Waals surface area contributed by atoms with Crippen LogP contribution >= 0.6 is 0 Å². The van der Waals surface area contributed by atoms with Gasteiger partial charge in [-0.2, -0.15) is 0 Å². The van der Waals surface area contributed by atoms with Gasteiger partial charge in [0.2, 0.25) is 0 Å². The Bertz CT molecular complexity index is 2190. The Balaban J connectivity index is 0.922. The molecule has 1 heterocycles. The van der Waals surface area contributed by atoms with E-state index in [4.69, 9.17) is 28.4 Å². The minimum absolute atomic E-state index is 0.122. The van der Waals surface area contributed by atoms with Crippen LogP contribution in [-0.2, 0) is 33.2 Å². The van der Waals surface area contributed by atoms with Gasteiger partial charge in [-0.1, -0.05) is 67.2 Å². The monoisotopic (exact) mass is 716 g/mol. The van der Waals surface area contributed by atoms with Crippen LogP contribution in [0.5, 0.6) is 0 Å². The molecular formula is C43H44N2O8. The summed E-state index contributed by atoms with van der Waals surface area (Å²) in [5.41, 5.74) is 1.40. The molecule has 7 rings (SSSR count). The zero-order chi connectivity index (χ0) is 36.4. The highest BCUT2D eigenvalue weighted by molar-refractivity contribution is 6.02. The third-order valence-electron chi connectivity index (χ3n) is 9.12. The Hall–Kier alpha value is -5.07. The van der Waals surface area contributed by atoms with E-state index >= 15 is 0 Å². The van der Waals surface area contributed by atoms with Gasteiger partial charge in [0.15, 0.2) is 12.3 Å². The van der Waals surface area contributed by atoms with Crippen LogP contribution in [-0.4, -0.2) is 88.9 Å². The quantitative estimate of drug-likeness (QED) is 0.128. The Morgan fingerprint density at radius 3 is 1.72 bits per heavy atom. The van der Waals surface area contributed by atoms with Crippen molar-refractivity contribution in [1.29, 1.82) is 0 Å². The highest BCUT2D eigenvalue weighted by atomic mass is 16.6. The Morgan fingerprint density at radius 1 is 0.585 bits per heavy atom. The van der Waals surface area contributed by atoms with E-state index in [1.54, 1.807) is 0 Å². The van der Waals surface area contributed by atoms with Gasteiger partial charge >= 0.3 is 0 Å². The maximum atomic E-state index is 13.4. The summed E-state index contributed by atoms with van der Waals surface area (Å²) in [6, 6.07) is 36.7. The van der Waals surface area contributed by atoms with E-state index in [1.807, 2.05) is 60.7 Å². The fraction of sp³-hybridized carbons (Fsp3) is 0.279. The van der Waals surface area contributed by atoms with Gasteiger partial charge in [0.1, 0.15) is 18.5 Å². The number of anilines is 2. The van der Waals surface area contributed by atoms with Crippen LogP contribution in [0.15, 0.2) is 122 Å². The van der Waals surface area contributed by atoms with Crippen molar-refractivity contribution in [2.45, 2.75) is 18.4 Å². The Kier molecular flexibility index (Phi) is 12.1. The molecule has 3 atom stereocenters. The molecule has 6 aromatic carbocycles. The number of nitrogens with one attached hydrogen (secondary N) is 2. The molecule has 0 saturated carbocycles. The van der Waals surface area contributed by atoms with Crippen molar-refractivity contribution in [2.75, 3.05) is 70.1 Å². The second-order valence-electron chi connectivity index (χ2n) is 12.9. The molecule has 1 aliphatic heterocycles. The molecule has 0 bridgehead atoms. The average Bonchev–Trinajstić information content (AvgIpc) is 3.16. The number of benzene rings is 6. The molecule has 1 aliphatic rings. The second kappa shape index (κ2) is 17.6. The number of hydrogen-bond donors (Lipinski definition) is 3. The van der Waals surface area contributed by atoms with Gasteiger partial charge in [-0.25, -0.2) is 0 Å². The smallest absolute Gasteiger partial charge is 0.261 e. The number of aliphatic hydroxyl groups is 1. The minimum atomic E-state index is -1.07. The molecule has 1 fully saturated rings. The standard InChI is InChI=1S/C43H44N2O8/c1-29-41(43(47)45-39-13-11-35-23-31-7-3-5-9-33(31)25-37(35)27-39)53-21-18-48-14-15-50-28-40(52-20-17-49-16-19-51-29)42(46)44-38-12-10-34-22-30-6-2-4-8-32(30)24-36(34)26-38/h2-13,22-27,40-42,44,46H,1,14-21,28H2,(H,45,47). The first-order chi connectivity index (χ1) is 26.0. The third-order valence-corrected chi connectivity index (χ3v) is 9.12. The topological polar surface area (TPSA) is 117 Å². The van der Waals surface area contributed by atoms with Crippen LogP contribution in [0.3, 0.4) is 0 Å². The first kappa shape index (κ1) is 36.3. The van der Waals surface area contributed by atoms with Gasteiger partial charge in [-0.15, -0.1) is 0 Å². The van der Waals surface area contributed by atoms with E-state index in [0.717, 1.165) is 43.4 Å². The molecule has 3 N–H and O–H groups in total. The van der Waals surface area contributed by atoms with Crippen LogP contribution in [0.4, 0.5) is 11.4 Å². The fourth-order valence-corrected chi connectivity index (χ4v) is 6.38. The van der Waals surface area contributed by atoms with E-state index in [2.05, 4.69) is 65.7 Å². The lowest BCUT2D eigenvalue weighted by Gasteiger charge is -2.25. The maximum absolute atomic E-state index is 13.4. The number of fused-ring (bicyclic) bond motifs is 4. The van der Waals surface area contributed by atoms with Crippen molar-refractivity contribution in [1.82, 2.24) is 0 Å². The van der Waals surface area contributed by atoms with Crippen LogP contribution in [0, 0.1) is 0 Å². The van der Waals surface area contributed by atoms with E-state index in [1.165, 1.54) is 5.39 Å². The number of aliphatic hydroxyl groups excluding tert-OH is 1. The minimum Gasteiger partial charge on any atom is -0.493 e. The lowest BCUT2D eigenvalue weighted by Crippen LogP contribution is -2.40. The summed E-state index contributed by atoms with van der Waals surface area (Å²) >= 11 is 0. The number of amides is 1. The predicted molar refractivity (Wildman–Crippen MR) is 208 cm³/mol. The molecule has 0 spiro atoms. The van der Waals surface area contributed by atoms with Crippen LogP contribution in [0.25, 0.3) is 43.1 Å². The molecule has 0 aromatic heterocycles. The molecule has 10 heteroatoms. The van der Waals surface area contributed by atoms with Crippen molar-refractivity contribution < 1.29 is 38.3 Å². The Morgan fingerprint density at radius 2 is 1.08 bits per heavy atom. The molecule has 10 nitrogen and oxygen atoms in total. The number of ether oxygens (including phenoxy) is 6. The summed E-state index contributed by atoms with van der Waals surface area (Å²) in [6.45, 7) is 5.84. The summed E-state index contributed by atoms with van der Waals surface area (Å²) in [5, 5.41) is 26.1. The van der Waals surface area contributed by atoms with E-state index in [0.29, 0.717) is 5.69 Å². The lowest BCUT2D eigenvalue weighted by atomic mass is 10.0. The van der Waals surface area contributed by atoms with Gasteiger partial charge in [0, 0.05) is 11.4 Å². The van der Waals surface area contributed by atoms with Crippen molar-refractivity contribution in [3.05, 3.63) is 122 Å². The molecule has 0 aliphatic carbocycles. The van der Waals surface area contributed by atoms with Crippen molar-refractivity contribution in [3.8, 4) is 0 Å². The van der Waals surface area contributed by atoms with Crippen molar-refractivity contribution in [2.24, 2.45) is 0 Å². The first-order valence-electron chi connectivity index (χ1n) is 17.9. The van der Waals surface area contributed by atoms with Crippen LogP contribution in [0.2, 0.25) is 0 Å². The molecule has 1 saturated heterocycles. The predicted octanol–water partition coefficient (Wildman–Crippen LogP) is 7.03. The van der Waals surface area contributed by atoms with Gasteiger partial charge in [-0.3, -0.25) is 4.79 Å². The number of carbonyl (C=O) groups excluding carboxylic acids is 1. The lowest BCUT2D eigenvalue weighted by molar-refractivity contribution is -0.129. The normalized spacial score (nSPS) is 19.3. The molecule has 6 aromatic rings. The zero-order valence-electron chi connectivity index (χ0n) is 29.5.